The maximum Gasteiger partial charge on any atom is 0.172 e. The minimum Gasteiger partial charge on any atom is -0.353 e. The quantitative estimate of drug-likeness (QED) is 0.814. The summed E-state index contributed by atoms with van der Waals surface area (Å²) in [6.45, 7) is 8.29. The van der Waals surface area contributed by atoms with E-state index in [9.17, 15) is 4.39 Å². The summed E-state index contributed by atoms with van der Waals surface area (Å²) in [6.07, 6.45) is 5.94. The van der Waals surface area contributed by atoms with Crippen LogP contribution in [0.1, 0.15) is 24.1 Å². The molecular weight excluding hydrogens is 345 g/mol. The molecule has 0 atom stereocenters. The summed E-state index contributed by atoms with van der Waals surface area (Å²) in [5.74, 6) is 1.84. The summed E-state index contributed by atoms with van der Waals surface area (Å²) in [5.41, 5.74) is 2.52. The first-order chi connectivity index (χ1) is 13.1. The van der Waals surface area contributed by atoms with Gasteiger partial charge < -0.3 is 9.80 Å². The number of nitrogens with zero attached hydrogens (tertiary/aromatic N) is 7. The van der Waals surface area contributed by atoms with E-state index in [0.717, 1.165) is 44.4 Å². The third-order valence-electron chi connectivity index (χ3n) is 5.79. The molecular formula is C19H28FN7. The average molecular weight is 373 g/mol. The molecule has 8 heteroatoms. The molecule has 27 heavy (non-hydrogen) atoms. The molecule has 2 aliphatic rings. The number of piperazine rings is 1. The van der Waals surface area contributed by atoms with Gasteiger partial charge in [0.25, 0.3) is 0 Å². The van der Waals surface area contributed by atoms with Gasteiger partial charge in [0.1, 0.15) is 6.17 Å². The van der Waals surface area contributed by atoms with Crippen molar-refractivity contribution >= 4 is 11.6 Å². The number of halogens is 1. The summed E-state index contributed by atoms with van der Waals surface area (Å²) in [4.78, 5) is 16.2. The number of aromatic nitrogens is 4. The van der Waals surface area contributed by atoms with Gasteiger partial charge in [-0.2, -0.15) is 5.10 Å². The first-order valence-corrected chi connectivity index (χ1v) is 9.76. The van der Waals surface area contributed by atoms with E-state index < -0.39 is 6.17 Å². The van der Waals surface area contributed by atoms with Gasteiger partial charge in [-0.3, -0.25) is 9.58 Å². The molecule has 0 saturated carbocycles. The molecule has 2 aromatic rings. The minimum absolute atomic E-state index is 0.578. The number of hydrogen-bond donors (Lipinski definition) is 0. The van der Waals surface area contributed by atoms with Crippen molar-refractivity contribution in [2.24, 2.45) is 7.05 Å². The zero-order valence-corrected chi connectivity index (χ0v) is 16.2. The Hall–Kier alpha value is -2.22. The fourth-order valence-corrected chi connectivity index (χ4v) is 3.89. The predicted molar refractivity (Wildman–Crippen MR) is 104 cm³/mol. The molecule has 0 radical (unpaired) electrons. The van der Waals surface area contributed by atoms with E-state index in [1.807, 2.05) is 17.9 Å². The van der Waals surface area contributed by atoms with Crippen LogP contribution in [0, 0.1) is 6.92 Å². The van der Waals surface area contributed by atoms with Crippen LogP contribution in [-0.2, 0) is 13.6 Å². The van der Waals surface area contributed by atoms with Crippen molar-refractivity contribution in [3.05, 3.63) is 29.8 Å². The average Bonchev–Trinajstić information content (AvgIpc) is 3.01. The molecule has 0 bridgehead atoms. The van der Waals surface area contributed by atoms with Crippen LogP contribution in [0.5, 0.6) is 0 Å². The first-order valence-electron chi connectivity index (χ1n) is 9.76. The lowest BCUT2D eigenvalue weighted by Gasteiger charge is -2.38. The van der Waals surface area contributed by atoms with Gasteiger partial charge in [0, 0.05) is 76.5 Å². The lowest BCUT2D eigenvalue weighted by atomic mass is 10.1. The van der Waals surface area contributed by atoms with Crippen LogP contribution in [-0.4, -0.2) is 70.1 Å². The van der Waals surface area contributed by atoms with Crippen molar-refractivity contribution in [1.82, 2.24) is 24.6 Å². The Labute approximate surface area is 159 Å². The van der Waals surface area contributed by atoms with Crippen molar-refractivity contribution in [2.45, 2.75) is 32.5 Å². The molecule has 0 N–H and O–H groups in total. The van der Waals surface area contributed by atoms with Gasteiger partial charge in [-0.15, -0.1) is 0 Å². The molecule has 146 valence electrons. The van der Waals surface area contributed by atoms with E-state index in [1.165, 1.54) is 11.3 Å². The molecule has 2 fully saturated rings. The maximum absolute atomic E-state index is 13.5. The molecule has 0 unspecified atom stereocenters. The number of piperidine rings is 1. The molecule has 0 aliphatic carbocycles. The number of rotatable bonds is 4. The van der Waals surface area contributed by atoms with E-state index in [1.54, 1.807) is 12.4 Å². The zero-order chi connectivity index (χ0) is 18.8. The molecule has 0 aromatic carbocycles. The van der Waals surface area contributed by atoms with Crippen molar-refractivity contribution in [2.75, 3.05) is 49.1 Å². The smallest absolute Gasteiger partial charge is 0.172 e. The van der Waals surface area contributed by atoms with Gasteiger partial charge in [0.2, 0.25) is 0 Å². The third-order valence-corrected chi connectivity index (χ3v) is 5.79. The summed E-state index contributed by atoms with van der Waals surface area (Å²) >= 11 is 0. The Balaban J connectivity index is 1.40. The van der Waals surface area contributed by atoms with Gasteiger partial charge in [-0.05, 0) is 19.8 Å². The maximum atomic E-state index is 13.5. The van der Waals surface area contributed by atoms with Gasteiger partial charge in [0.15, 0.2) is 11.6 Å². The molecule has 0 spiro atoms. The van der Waals surface area contributed by atoms with Crippen molar-refractivity contribution in [1.29, 1.82) is 0 Å². The Morgan fingerprint density at radius 2 is 1.56 bits per heavy atom. The minimum atomic E-state index is -0.680. The van der Waals surface area contributed by atoms with Crippen LogP contribution < -0.4 is 9.80 Å². The molecule has 2 saturated heterocycles. The Morgan fingerprint density at radius 1 is 0.963 bits per heavy atom. The number of hydrogen-bond acceptors (Lipinski definition) is 6. The summed E-state index contributed by atoms with van der Waals surface area (Å²) < 4.78 is 15.4. The Kier molecular flexibility index (Phi) is 5.24. The van der Waals surface area contributed by atoms with Crippen molar-refractivity contribution in [3.63, 3.8) is 0 Å². The molecule has 2 aromatic heterocycles. The largest absolute Gasteiger partial charge is 0.353 e. The lowest BCUT2D eigenvalue weighted by molar-refractivity contribution is 0.248. The molecule has 4 heterocycles. The number of alkyl halides is 1. The van der Waals surface area contributed by atoms with Crippen molar-refractivity contribution < 1.29 is 4.39 Å². The monoisotopic (exact) mass is 373 g/mol. The first kappa shape index (κ1) is 18.2. The predicted octanol–water partition coefficient (Wildman–Crippen LogP) is 1.78. The fraction of sp³-hybridized carbons (Fsp3) is 0.632. The van der Waals surface area contributed by atoms with Crippen LogP contribution in [0.2, 0.25) is 0 Å². The van der Waals surface area contributed by atoms with E-state index in [4.69, 9.17) is 0 Å². The van der Waals surface area contributed by atoms with Crippen molar-refractivity contribution in [3.8, 4) is 0 Å². The SMILES string of the molecule is Cc1c(CN2CCN(c3nccnc3N3CCC(F)CC3)CC2)cnn1C. The van der Waals surface area contributed by atoms with Crippen LogP contribution in [0.25, 0.3) is 0 Å². The highest BCUT2D eigenvalue weighted by Gasteiger charge is 2.26. The lowest BCUT2D eigenvalue weighted by Crippen LogP contribution is -2.47. The van der Waals surface area contributed by atoms with Crippen LogP contribution in [0.4, 0.5) is 16.0 Å². The third kappa shape index (κ3) is 3.90. The van der Waals surface area contributed by atoms with E-state index >= 15 is 0 Å². The van der Waals surface area contributed by atoms with Crippen LogP contribution >= 0.6 is 0 Å². The van der Waals surface area contributed by atoms with Crippen LogP contribution in [0.3, 0.4) is 0 Å². The number of aryl methyl sites for hydroxylation is 1. The van der Waals surface area contributed by atoms with Gasteiger partial charge in [-0.1, -0.05) is 0 Å². The molecule has 0 amide bonds. The highest BCUT2D eigenvalue weighted by atomic mass is 19.1. The summed E-state index contributed by atoms with van der Waals surface area (Å²) in [7, 11) is 1.98. The van der Waals surface area contributed by atoms with Crippen LogP contribution in [0.15, 0.2) is 18.6 Å². The van der Waals surface area contributed by atoms with Gasteiger partial charge >= 0.3 is 0 Å². The van der Waals surface area contributed by atoms with E-state index in [0.29, 0.717) is 25.9 Å². The molecule has 4 rings (SSSR count). The number of anilines is 2. The normalized spacial score (nSPS) is 19.7. The molecule has 2 aliphatic heterocycles. The second-order valence-electron chi connectivity index (χ2n) is 7.51. The Bertz CT molecular complexity index is 761. The highest BCUT2D eigenvalue weighted by Crippen LogP contribution is 2.28. The molecule has 7 nitrogen and oxygen atoms in total. The highest BCUT2D eigenvalue weighted by molar-refractivity contribution is 5.62. The zero-order valence-electron chi connectivity index (χ0n) is 16.2. The van der Waals surface area contributed by atoms with E-state index in [2.05, 4.69) is 36.7 Å². The van der Waals surface area contributed by atoms with E-state index in [-0.39, 0.29) is 0 Å². The fourth-order valence-electron chi connectivity index (χ4n) is 3.89. The van der Waals surface area contributed by atoms with Gasteiger partial charge in [-0.25, -0.2) is 14.4 Å². The summed E-state index contributed by atoms with van der Waals surface area (Å²) in [5, 5.41) is 4.34. The standard InChI is InChI=1S/C19H28FN7/c1-15-16(13-23-24(15)2)14-25-9-11-27(12-10-25)19-18(21-5-6-22-19)26-7-3-17(20)4-8-26/h5-6,13,17H,3-4,7-12,14H2,1-2H3. The topological polar surface area (TPSA) is 53.3 Å². The van der Waals surface area contributed by atoms with Gasteiger partial charge in [0.05, 0.1) is 6.20 Å². The summed E-state index contributed by atoms with van der Waals surface area (Å²) in [6, 6.07) is 0. The second-order valence-corrected chi connectivity index (χ2v) is 7.51. The Morgan fingerprint density at radius 3 is 2.11 bits per heavy atom. The second kappa shape index (κ2) is 7.80.